The Bertz CT molecular complexity index is 669. The molecule has 0 aromatic carbocycles. The average Bonchev–Trinajstić information content (AvgIpc) is 2.81. The molecule has 0 spiro atoms. The van der Waals surface area contributed by atoms with Crippen molar-refractivity contribution in [3.05, 3.63) is 22.2 Å². The van der Waals surface area contributed by atoms with Gasteiger partial charge in [-0.05, 0) is 12.5 Å². The zero-order valence-corrected chi connectivity index (χ0v) is 14.8. The summed E-state index contributed by atoms with van der Waals surface area (Å²) in [5.74, 6) is 0.0915. The van der Waals surface area contributed by atoms with E-state index in [-0.39, 0.29) is 29.4 Å². The summed E-state index contributed by atoms with van der Waals surface area (Å²) < 4.78 is 23.1. The van der Waals surface area contributed by atoms with Crippen molar-refractivity contribution >= 4 is 33.2 Å². The minimum atomic E-state index is -2.99. The lowest BCUT2D eigenvalue weighted by atomic mass is 9.98. The molecule has 0 aliphatic carbocycles. The number of rotatable bonds is 2. The van der Waals surface area contributed by atoms with Crippen LogP contribution in [0.5, 0.6) is 0 Å². The van der Waals surface area contributed by atoms with Crippen LogP contribution in [0.4, 0.5) is 0 Å². The summed E-state index contributed by atoms with van der Waals surface area (Å²) in [6.45, 7) is 7.08. The third kappa shape index (κ3) is 4.64. The molecular weight excluding hydrogens is 320 g/mol. The van der Waals surface area contributed by atoms with Crippen LogP contribution in [-0.2, 0) is 20.0 Å². The van der Waals surface area contributed by atoms with E-state index in [4.69, 9.17) is 0 Å². The molecule has 1 aromatic heterocycles. The number of nitrogens with zero attached hydrogens (tertiary/aromatic N) is 2. The molecule has 0 bridgehead atoms. The topological polar surface area (TPSA) is 67.3 Å². The number of amides is 1. The third-order valence-corrected chi connectivity index (χ3v) is 6.53. The SMILES string of the molecule is CC(C)(C)c1ncc(C=CC(=O)N2CCCS(=O)(=O)CC2)s1. The van der Waals surface area contributed by atoms with E-state index >= 15 is 0 Å². The zero-order chi connectivity index (χ0) is 16.4. The average molecular weight is 342 g/mol. The van der Waals surface area contributed by atoms with Crippen LogP contribution in [0.1, 0.15) is 37.1 Å². The zero-order valence-electron chi connectivity index (χ0n) is 13.2. The Morgan fingerprint density at radius 2 is 2.05 bits per heavy atom. The van der Waals surface area contributed by atoms with E-state index in [9.17, 15) is 13.2 Å². The van der Waals surface area contributed by atoms with Crippen LogP contribution < -0.4 is 0 Å². The summed E-state index contributed by atoms with van der Waals surface area (Å²) in [4.78, 5) is 19.1. The summed E-state index contributed by atoms with van der Waals surface area (Å²) in [5, 5.41) is 1.03. The predicted octanol–water partition coefficient (Wildman–Crippen LogP) is 2.10. The van der Waals surface area contributed by atoms with Crippen LogP contribution in [0.25, 0.3) is 6.08 Å². The highest BCUT2D eigenvalue weighted by Gasteiger charge is 2.21. The van der Waals surface area contributed by atoms with Gasteiger partial charge in [0, 0.05) is 35.7 Å². The van der Waals surface area contributed by atoms with E-state index in [2.05, 4.69) is 25.8 Å². The lowest BCUT2D eigenvalue weighted by Crippen LogP contribution is -2.32. The number of hydrogen-bond donors (Lipinski definition) is 0. The van der Waals surface area contributed by atoms with Crippen LogP contribution in [0, 0.1) is 0 Å². The minimum Gasteiger partial charge on any atom is -0.338 e. The van der Waals surface area contributed by atoms with E-state index in [1.807, 2.05) is 0 Å². The highest BCUT2D eigenvalue weighted by atomic mass is 32.2. The van der Waals surface area contributed by atoms with E-state index in [0.29, 0.717) is 13.0 Å². The quantitative estimate of drug-likeness (QED) is 0.772. The van der Waals surface area contributed by atoms with Crippen molar-refractivity contribution in [2.45, 2.75) is 32.6 Å². The molecule has 0 saturated carbocycles. The fourth-order valence-corrected chi connectivity index (χ4v) is 4.28. The van der Waals surface area contributed by atoms with E-state index in [1.54, 1.807) is 28.5 Å². The standard InChI is InChI=1S/C15H22N2O3S2/c1-15(2,3)14-16-11-12(21-14)5-6-13(18)17-7-4-9-22(19,20)10-8-17/h5-6,11H,4,7-10H2,1-3H3. The molecule has 0 N–H and O–H groups in total. The number of sulfone groups is 1. The first-order valence-electron chi connectivity index (χ1n) is 7.31. The Morgan fingerprint density at radius 1 is 1.32 bits per heavy atom. The van der Waals surface area contributed by atoms with Gasteiger partial charge >= 0.3 is 0 Å². The number of thiazole rings is 1. The number of aromatic nitrogens is 1. The first kappa shape index (κ1) is 17.1. The molecule has 2 rings (SSSR count). The Morgan fingerprint density at radius 3 is 2.68 bits per heavy atom. The fraction of sp³-hybridized carbons (Fsp3) is 0.600. The van der Waals surface area contributed by atoms with Gasteiger partial charge in [-0.1, -0.05) is 20.8 Å². The highest BCUT2D eigenvalue weighted by Crippen LogP contribution is 2.27. The van der Waals surface area contributed by atoms with Crippen LogP contribution in [0.15, 0.2) is 12.3 Å². The Balaban J connectivity index is 2.01. The van der Waals surface area contributed by atoms with Gasteiger partial charge in [0.25, 0.3) is 0 Å². The maximum absolute atomic E-state index is 12.2. The molecule has 1 amide bonds. The van der Waals surface area contributed by atoms with Crippen molar-refractivity contribution in [1.82, 2.24) is 9.88 Å². The molecule has 1 saturated heterocycles. The van der Waals surface area contributed by atoms with Crippen LogP contribution in [0.3, 0.4) is 0 Å². The van der Waals surface area contributed by atoms with Gasteiger partial charge in [-0.3, -0.25) is 4.79 Å². The molecule has 5 nitrogen and oxygen atoms in total. The first-order chi connectivity index (χ1) is 10.2. The molecule has 122 valence electrons. The molecule has 1 aliphatic rings. The summed E-state index contributed by atoms with van der Waals surface area (Å²) >= 11 is 1.57. The van der Waals surface area contributed by atoms with Crippen molar-refractivity contribution in [2.75, 3.05) is 24.6 Å². The summed E-state index contributed by atoms with van der Waals surface area (Å²) in [7, 11) is -2.99. The van der Waals surface area contributed by atoms with Crippen LogP contribution >= 0.6 is 11.3 Å². The Kier molecular flexibility index (Phi) is 5.07. The van der Waals surface area contributed by atoms with Gasteiger partial charge in [0.05, 0.1) is 16.5 Å². The van der Waals surface area contributed by atoms with Crippen molar-refractivity contribution in [2.24, 2.45) is 0 Å². The summed E-state index contributed by atoms with van der Waals surface area (Å²) in [5.41, 5.74) is -0.0000871. The van der Waals surface area contributed by atoms with Gasteiger partial charge in [-0.2, -0.15) is 0 Å². The van der Waals surface area contributed by atoms with Crippen LogP contribution in [0.2, 0.25) is 0 Å². The second-order valence-corrected chi connectivity index (χ2v) is 9.85. The lowest BCUT2D eigenvalue weighted by molar-refractivity contribution is -0.125. The van der Waals surface area contributed by atoms with Crippen LogP contribution in [-0.4, -0.2) is 48.8 Å². The molecule has 7 heteroatoms. The van der Waals surface area contributed by atoms with Gasteiger partial charge in [0.1, 0.15) is 0 Å². The van der Waals surface area contributed by atoms with Gasteiger partial charge in [0.15, 0.2) is 9.84 Å². The molecule has 22 heavy (non-hydrogen) atoms. The third-order valence-electron chi connectivity index (χ3n) is 3.42. The molecule has 0 atom stereocenters. The molecule has 1 fully saturated rings. The number of carbonyl (C=O) groups excluding carboxylic acids is 1. The molecule has 2 heterocycles. The van der Waals surface area contributed by atoms with Gasteiger partial charge in [0.2, 0.25) is 5.91 Å². The Hall–Kier alpha value is -1.21. The van der Waals surface area contributed by atoms with E-state index in [1.165, 1.54) is 6.08 Å². The largest absolute Gasteiger partial charge is 0.338 e. The molecule has 1 aliphatic heterocycles. The first-order valence-corrected chi connectivity index (χ1v) is 9.95. The fourth-order valence-electron chi connectivity index (χ4n) is 2.13. The molecule has 0 unspecified atom stereocenters. The lowest BCUT2D eigenvalue weighted by Gasteiger charge is -2.17. The molecule has 0 radical (unpaired) electrons. The predicted molar refractivity (Wildman–Crippen MR) is 89.7 cm³/mol. The molecular formula is C15H22N2O3S2. The van der Waals surface area contributed by atoms with Crippen molar-refractivity contribution in [3.8, 4) is 0 Å². The minimum absolute atomic E-state index is 0.0000871. The van der Waals surface area contributed by atoms with Gasteiger partial charge in [-0.25, -0.2) is 13.4 Å². The summed E-state index contributed by atoms with van der Waals surface area (Å²) in [6.07, 6.45) is 5.55. The van der Waals surface area contributed by atoms with E-state index < -0.39 is 9.84 Å². The number of hydrogen-bond acceptors (Lipinski definition) is 5. The maximum atomic E-state index is 12.2. The van der Waals surface area contributed by atoms with Crippen molar-refractivity contribution < 1.29 is 13.2 Å². The second kappa shape index (κ2) is 6.50. The van der Waals surface area contributed by atoms with Crippen molar-refractivity contribution in [1.29, 1.82) is 0 Å². The highest BCUT2D eigenvalue weighted by molar-refractivity contribution is 7.91. The number of carbonyl (C=O) groups is 1. The van der Waals surface area contributed by atoms with E-state index in [0.717, 1.165) is 9.88 Å². The van der Waals surface area contributed by atoms with Gasteiger partial charge < -0.3 is 4.90 Å². The maximum Gasteiger partial charge on any atom is 0.246 e. The second-order valence-electron chi connectivity index (χ2n) is 6.48. The summed E-state index contributed by atoms with van der Waals surface area (Å²) in [6, 6.07) is 0. The monoisotopic (exact) mass is 342 g/mol. The van der Waals surface area contributed by atoms with Crippen molar-refractivity contribution in [3.63, 3.8) is 0 Å². The Labute approximate surface area is 136 Å². The smallest absolute Gasteiger partial charge is 0.246 e. The molecule has 1 aromatic rings. The van der Waals surface area contributed by atoms with Gasteiger partial charge in [-0.15, -0.1) is 11.3 Å². The normalized spacial score (nSPS) is 19.3.